The lowest BCUT2D eigenvalue weighted by atomic mass is 10.2. The average molecular weight is 334 g/mol. The van der Waals surface area contributed by atoms with Gasteiger partial charge in [-0.15, -0.1) is 0 Å². The molecule has 1 N–H and O–H groups in total. The summed E-state index contributed by atoms with van der Waals surface area (Å²) in [6.07, 6.45) is 0.705. The Hall–Kier alpha value is -2.46. The Morgan fingerprint density at radius 2 is 1.83 bits per heavy atom. The van der Waals surface area contributed by atoms with Crippen LogP contribution in [0.25, 0.3) is 10.9 Å². The van der Waals surface area contributed by atoms with Crippen molar-refractivity contribution in [2.24, 2.45) is 0 Å². The summed E-state index contributed by atoms with van der Waals surface area (Å²) in [5, 5.41) is 4.67. The molecule has 24 heavy (non-hydrogen) atoms. The van der Waals surface area contributed by atoms with Gasteiger partial charge in [-0.2, -0.15) is 0 Å². The fourth-order valence-electron chi connectivity index (χ4n) is 3.19. The zero-order chi connectivity index (χ0) is 16.5. The first-order valence-electron chi connectivity index (χ1n) is 7.98. The Kier molecular flexibility index (Phi) is 3.90. The maximum absolute atomic E-state index is 12.1. The number of hydrogen-bond donors (Lipinski definition) is 1. The van der Waals surface area contributed by atoms with E-state index in [2.05, 4.69) is 71.1 Å². The molecule has 1 atom stereocenters. The molecule has 3 nitrogen and oxygen atoms in total. The molecule has 120 valence electrons. The standard InChI is InChI=1S/C20H18N2OS/c1-14-21-20(23)19(24-14)12-17-11-16-9-5-6-10-18(16)22(17)13-15-7-3-2-4-8-15/h2-11,19H,1,12-13H2,(H,21,23). The molecule has 4 heteroatoms. The Bertz CT molecular complexity index is 914. The van der Waals surface area contributed by atoms with Gasteiger partial charge in [-0.25, -0.2) is 0 Å². The van der Waals surface area contributed by atoms with Crippen LogP contribution in [0.2, 0.25) is 0 Å². The van der Waals surface area contributed by atoms with E-state index in [1.807, 2.05) is 6.07 Å². The summed E-state index contributed by atoms with van der Waals surface area (Å²) in [7, 11) is 0. The monoisotopic (exact) mass is 334 g/mol. The summed E-state index contributed by atoms with van der Waals surface area (Å²) in [5.41, 5.74) is 3.65. The van der Waals surface area contributed by atoms with Crippen molar-refractivity contribution in [2.45, 2.75) is 18.2 Å². The molecule has 0 radical (unpaired) electrons. The van der Waals surface area contributed by atoms with E-state index < -0.39 is 0 Å². The van der Waals surface area contributed by atoms with Crippen molar-refractivity contribution in [3.05, 3.63) is 83.5 Å². The van der Waals surface area contributed by atoms with Crippen LogP contribution in [0, 0.1) is 0 Å². The second-order valence-electron chi connectivity index (χ2n) is 5.99. The van der Waals surface area contributed by atoms with Crippen LogP contribution in [0.15, 0.2) is 72.3 Å². The van der Waals surface area contributed by atoms with Gasteiger partial charge in [0, 0.05) is 24.2 Å². The van der Waals surface area contributed by atoms with Gasteiger partial charge in [0.2, 0.25) is 5.91 Å². The van der Waals surface area contributed by atoms with Crippen molar-refractivity contribution in [1.82, 2.24) is 9.88 Å². The third-order valence-corrected chi connectivity index (χ3v) is 5.37. The van der Waals surface area contributed by atoms with Crippen molar-refractivity contribution in [1.29, 1.82) is 0 Å². The number of nitrogens with one attached hydrogen (secondary N) is 1. The van der Waals surface area contributed by atoms with Gasteiger partial charge in [0.1, 0.15) is 0 Å². The second kappa shape index (κ2) is 6.21. The van der Waals surface area contributed by atoms with Crippen molar-refractivity contribution in [2.75, 3.05) is 0 Å². The highest BCUT2D eigenvalue weighted by atomic mass is 32.2. The number of aromatic nitrogens is 1. The molecule has 1 amide bonds. The Morgan fingerprint density at radius 1 is 1.08 bits per heavy atom. The molecular weight excluding hydrogens is 316 g/mol. The van der Waals surface area contributed by atoms with E-state index in [1.165, 1.54) is 33.9 Å². The van der Waals surface area contributed by atoms with Crippen LogP contribution in [0.3, 0.4) is 0 Å². The second-order valence-corrected chi connectivity index (χ2v) is 7.29. The van der Waals surface area contributed by atoms with Gasteiger partial charge in [0.05, 0.1) is 10.3 Å². The topological polar surface area (TPSA) is 34.0 Å². The quantitative estimate of drug-likeness (QED) is 0.784. The summed E-state index contributed by atoms with van der Waals surface area (Å²) in [5.74, 6) is 0.0570. The fourth-order valence-corrected chi connectivity index (χ4v) is 4.11. The van der Waals surface area contributed by atoms with E-state index in [4.69, 9.17) is 0 Å². The molecule has 2 aromatic carbocycles. The predicted molar refractivity (Wildman–Crippen MR) is 99.8 cm³/mol. The minimum absolute atomic E-state index is 0.0570. The number of fused-ring (bicyclic) bond motifs is 1. The summed E-state index contributed by atoms with van der Waals surface area (Å²) < 4.78 is 2.32. The van der Waals surface area contributed by atoms with Crippen molar-refractivity contribution < 1.29 is 4.79 Å². The van der Waals surface area contributed by atoms with E-state index in [-0.39, 0.29) is 11.2 Å². The van der Waals surface area contributed by atoms with E-state index in [0.717, 1.165) is 11.6 Å². The van der Waals surface area contributed by atoms with E-state index in [0.29, 0.717) is 6.42 Å². The smallest absolute Gasteiger partial charge is 0.238 e. The zero-order valence-electron chi connectivity index (χ0n) is 13.2. The van der Waals surface area contributed by atoms with Gasteiger partial charge in [-0.3, -0.25) is 4.79 Å². The number of carbonyl (C=O) groups is 1. The number of rotatable bonds is 4. The first-order valence-corrected chi connectivity index (χ1v) is 8.86. The lowest BCUT2D eigenvalue weighted by Gasteiger charge is -2.13. The molecule has 0 spiro atoms. The van der Waals surface area contributed by atoms with Crippen molar-refractivity contribution >= 4 is 28.6 Å². The van der Waals surface area contributed by atoms with Crippen molar-refractivity contribution in [3.63, 3.8) is 0 Å². The van der Waals surface area contributed by atoms with E-state index in [1.54, 1.807) is 0 Å². The minimum atomic E-state index is -0.101. The van der Waals surface area contributed by atoms with Gasteiger partial charge in [0.15, 0.2) is 0 Å². The summed E-state index contributed by atoms with van der Waals surface area (Å²) in [6, 6.07) is 21.0. The highest BCUT2D eigenvalue weighted by Crippen LogP contribution is 2.30. The van der Waals surface area contributed by atoms with Crippen LogP contribution in [0.1, 0.15) is 11.3 Å². The third-order valence-electron chi connectivity index (χ3n) is 4.31. The van der Waals surface area contributed by atoms with Crippen LogP contribution < -0.4 is 5.32 Å². The largest absolute Gasteiger partial charge is 0.340 e. The molecule has 1 aliphatic rings. The van der Waals surface area contributed by atoms with Crippen LogP contribution in [0.5, 0.6) is 0 Å². The maximum atomic E-state index is 12.1. The van der Waals surface area contributed by atoms with E-state index >= 15 is 0 Å². The molecule has 3 aromatic rings. The third kappa shape index (κ3) is 2.85. The molecule has 1 unspecified atom stereocenters. The fraction of sp³-hybridized carbons (Fsp3) is 0.150. The van der Waals surface area contributed by atoms with Gasteiger partial charge in [-0.1, -0.05) is 66.9 Å². The van der Waals surface area contributed by atoms with Gasteiger partial charge >= 0.3 is 0 Å². The number of carbonyl (C=O) groups excluding carboxylic acids is 1. The molecule has 0 aliphatic carbocycles. The Balaban J connectivity index is 1.73. The molecule has 0 bridgehead atoms. The molecule has 1 fully saturated rings. The molecule has 0 saturated carbocycles. The number of benzene rings is 2. The maximum Gasteiger partial charge on any atom is 0.238 e. The Labute approximate surface area is 145 Å². The highest BCUT2D eigenvalue weighted by molar-refractivity contribution is 8.04. The minimum Gasteiger partial charge on any atom is -0.340 e. The number of amides is 1. The van der Waals surface area contributed by atoms with Crippen molar-refractivity contribution in [3.8, 4) is 0 Å². The lowest BCUT2D eigenvalue weighted by molar-refractivity contribution is -0.119. The first-order chi connectivity index (χ1) is 11.7. The van der Waals surface area contributed by atoms with Crippen LogP contribution in [-0.4, -0.2) is 15.7 Å². The molecule has 1 saturated heterocycles. The predicted octanol–water partition coefficient (Wildman–Crippen LogP) is 3.93. The van der Waals surface area contributed by atoms with Gasteiger partial charge in [0.25, 0.3) is 0 Å². The van der Waals surface area contributed by atoms with Gasteiger partial charge in [-0.05, 0) is 23.1 Å². The molecule has 1 aliphatic heterocycles. The van der Waals surface area contributed by atoms with Crippen LogP contribution >= 0.6 is 11.8 Å². The van der Waals surface area contributed by atoms with Crippen LogP contribution in [0.4, 0.5) is 0 Å². The molecular formula is C20H18N2OS. The average Bonchev–Trinajstić information content (AvgIpc) is 3.09. The number of hydrogen-bond acceptors (Lipinski definition) is 2. The first kappa shape index (κ1) is 15.1. The van der Waals surface area contributed by atoms with Crippen LogP contribution in [-0.2, 0) is 17.8 Å². The molecule has 2 heterocycles. The number of nitrogens with zero attached hydrogens (tertiary/aromatic N) is 1. The number of para-hydroxylation sites is 1. The summed E-state index contributed by atoms with van der Waals surface area (Å²) >= 11 is 1.52. The zero-order valence-corrected chi connectivity index (χ0v) is 14.1. The summed E-state index contributed by atoms with van der Waals surface area (Å²) in [4.78, 5) is 12.1. The SMILES string of the molecule is C=C1NC(=O)C(Cc2cc3ccccc3n2Cc2ccccc2)S1. The molecule has 1 aromatic heterocycles. The summed E-state index contributed by atoms with van der Waals surface area (Å²) in [6.45, 7) is 4.66. The van der Waals surface area contributed by atoms with Gasteiger partial charge < -0.3 is 9.88 Å². The highest BCUT2D eigenvalue weighted by Gasteiger charge is 2.29. The number of thioether (sulfide) groups is 1. The Morgan fingerprint density at radius 3 is 2.58 bits per heavy atom. The molecule has 4 rings (SSSR count). The lowest BCUT2D eigenvalue weighted by Crippen LogP contribution is -2.24. The van der Waals surface area contributed by atoms with E-state index in [9.17, 15) is 4.79 Å². The normalized spacial score (nSPS) is 17.4.